The number of amides is 3. The van der Waals surface area contributed by atoms with Gasteiger partial charge in [-0.15, -0.1) is 16.9 Å². The highest BCUT2D eigenvalue weighted by atomic mass is 32.2. The zero-order valence-electron chi connectivity index (χ0n) is 19.1. The number of nitrogens with zero attached hydrogens (tertiary/aromatic N) is 4. The first kappa shape index (κ1) is 23.1. The maximum atomic E-state index is 13.7. The van der Waals surface area contributed by atoms with Crippen LogP contribution >= 0.6 is 11.8 Å². The second kappa shape index (κ2) is 9.18. The number of aliphatic hydroxyl groups excluding tert-OH is 1. The number of likely N-dealkylation sites (tertiary alicyclic amines) is 1. The highest BCUT2D eigenvalue weighted by Crippen LogP contribution is 2.66. The Balaban J connectivity index is 1.40. The molecule has 1 spiro atoms. The summed E-state index contributed by atoms with van der Waals surface area (Å²) >= 11 is 1.66. The van der Waals surface area contributed by atoms with Crippen molar-refractivity contribution in [1.82, 2.24) is 30.5 Å². The number of hydrogen-bond acceptors (Lipinski definition) is 7. The summed E-state index contributed by atoms with van der Waals surface area (Å²) < 4.78 is 1.04. The van der Waals surface area contributed by atoms with Gasteiger partial charge in [0.2, 0.25) is 17.7 Å². The van der Waals surface area contributed by atoms with Crippen LogP contribution in [0.15, 0.2) is 24.3 Å². The zero-order chi connectivity index (χ0) is 23.9. The molecule has 3 amide bonds. The minimum Gasteiger partial charge on any atom is -0.396 e. The van der Waals surface area contributed by atoms with E-state index >= 15 is 0 Å². The van der Waals surface area contributed by atoms with Gasteiger partial charge in [-0.25, -0.2) is 4.68 Å². The summed E-state index contributed by atoms with van der Waals surface area (Å²) in [5.41, 5.74) is 1.56. The molecule has 3 saturated heterocycles. The predicted molar refractivity (Wildman–Crippen MR) is 126 cm³/mol. The molecule has 0 saturated carbocycles. The fraction of sp³-hybridized carbons (Fsp3) is 0.609. The predicted octanol–water partition coefficient (Wildman–Crippen LogP) is 0.505. The van der Waals surface area contributed by atoms with Crippen molar-refractivity contribution in [2.24, 2.45) is 11.8 Å². The molecule has 10 nitrogen and oxygen atoms in total. The molecule has 0 radical (unpaired) electrons. The standard InChI is InChI=1S/C23H30N6O4S/c1-24-20(31)17-16-9-10-23(34-16)18(17)22(33)28(11-5-2-6-12-30)19(23)21(32)25-13-29-15-8-4-3-7-14(15)26-27-29/h3-4,7-8,16-19,30H,2,5-6,9-13H2,1H3,(H,24,31)(H,25,32)/t16-,17+,18+,19?,23?/m1/s1. The van der Waals surface area contributed by atoms with E-state index in [1.807, 2.05) is 24.3 Å². The third-order valence-corrected chi connectivity index (χ3v) is 9.43. The Hall–Kier alpha value is -2.66. The van der Waals surface area contributed by atoms with Crippen LogP contribution in [0.1, 0.15) is 32.1 Å². The van der Waals surface area contributed by atoms with Gasteiger partial charge in [0.15, 0.2) is 0 Å². The first-order valence-corrected chi connectivity index (χ1v) is 12.8. The smallest absolute Gasteiger partial charge is 0.245 e. The first-order chi connectivity index (χ1) is 16.5. The van der Waals surface area contributed by atoms with Gasteiger partial charge in [0.1, 0.15) is 18.2 Å². The topological polar surface area (TPSA) is 129 Å². The maximum absolute atomic E-state index is 13.7. The molecule has 2 bridgehead atoms. The number of para-hydroxylation sites is 1. The van der Waals surface area contributed by atoms with E-state index in [9.17, 15) is 14.4 Å². The Labute approximate surface area is 201 Å². The summed E-state index contributed by atoms with van der Waals surface area (Å²) in [6.07, 6.45) is 3.69. The molecule has 5 atom stereocenters. The molecule has 11 heteroatoms. The van der Waals surface area contributed by atoms with Crippen LogP contribution in [0.25, 0.3) is 11.0 Å². The van der Waals surface area contributed by atoms with E-state index < -0.39 is 22.6 Å². The summed E-state index contributed by atoms with van der Waals surface area (Å²) in [6, 6.07) is 6.89. The van der Waals surface area contributed by atoms with Crippen molar-refractivity contribution in [2.75, 3.05) is 20.2 Å². The summed E-state index contributed by atoms with van der Waals surface area (Å²) in [5, 5.41) is 23.2. The van der Waals surface area contributed by atoms with Crippen molar-refractivity contribution in [3.63, 3.8) is 0 Å². The van der Waals surface area contributed by atoms with Crippen molar-refractivity contribution in [3.8, 4) is 0 Å². The number of hydrogen-bond donors (Lipinski definition) is 3. The zero-order valence-corrected chi connectivity index (χ0v) is 20.0. The monoisotopic (exact) mass is 486 g/mol. The third kappa shape index (κ3) is 3.56. The molecule has 34 heavy (non-hydrogen) atoms. The largest absolute Gasteiger partial charge is 0.396 e. The van der Waals surface area contributed by atoms with E-state index in [0.717, 1.165) is 30.3 Å². The lowest BCUT2D eigenvalue weighted by molar-refractivity contribution is -0.140. The number of unbranched alkanes of at least 4 members (excludes halogenated alkanes) is 2. The third-order valence-electron chi connectivity index (χ3n) is 7.48. The van der Waals surface area contributed by atoms with Crippen LogP contribution in [0.5, 0.6) is 0 Å². The van der Waals surface area contributed by atoms with Crippen LogP contribution < -0.4 is 10.6 Å². The van der Waals surface area contributed by atoms with E-state index in [2.05, 4.69) is 20.9 Å². The average Bonchev–Trinajstić information content (AvgIpc) is 3.59. The fourth-order valence-electron chi connectivity index (χ4n) is 6.02. The molecule has 2 aromatic rings. The normalized spacial score (nSPS) is 29.6. The van der Waals surface area contributed by atoms with Crippen molar-refractivity contribution in [1.29, 1.82) is 0 Å². The minimum absolute atomic E-state index is 0.0556. The molecule has 2 unspecified atom stereocenters. The molecule has 0 aliphatic carbocycles. The van der Waals surface area contributed by atoms with Crippen LogP contribution in [0.4, 0.5) is 0 Å². The highest BCUT2D eigenvalue weighted by Gasteiger charge is 2.73. The summed E-state index contributed by atoms with van der Waals surface area (Å²) in [4.78, 5) is 41.8. The van der Waals surface area contributed by atoms with Crippen LogP contribution in [-0.2, 0) is 21.1 Å². The molecule has 4 heterocycles. The molecular formula is C23H30N6O4S. The van der Waals surface area contributed by atoms with Crippen LogP contribution in [0.2, 0.25) is 0 Å². The van der Waals surface area contributed by atoms with Crippen LogP contribution in [0, 0.1) is 11.8 Å². The van der Waals surface area contributed by atoms with Gasteiger partial charge >= 0.3 is 0 Å². The number of aliphatic hydroxyl groups is 1. The van der Waals surface area contributed by atoms with Crippen molar-refractivity contribution < 1.29 is 19.5 Å². The highest BCUT2D eigenvalue weighted by molar-refractivity contribution is 8.02. The van der Waals surface area contributed by atoms with E-state index in [1.165, 1.54) is 0 Å². The quantitative estimate of drug-likeness (QED) is 0.440. The summed E-state index contributed by atoms with van der Waals surface area (Å²) in [5.74, 6) is -1.33. The number of fused-ring (bicyclic) bond motifs is 2. The van der Waals surface area contributed by atoms with Gasteiger partial charge in [-0.05, 0) is 44.2 Å². The van der Waals surface area contributed by atoms with Crippen LogP contribution in [0.3, 0.4) is 0 Å². The van der Waals surface area contributed by atoms with Gasteiger partial charge < -0.3 is 20.6 Å². The lowest BCUT2D eigenvalue weighted by atomic mass is 9.71. The molecule has 1 aromatic heterocycles. The number of carbonyl (C=O) groups is 3. The lowest BCUT2D eigenvalue weighted by Gasteiger charge is -2.34. The van der Waals surface area contributed by atoms with E-state index in [1.54, 1.807) is 28.4 Å². The number of thioether (sulfide) groups is 1. The van der Waals surface area contributed by atoms with Gasteiger partial charge in [0, 0.05) is 25.4 Å². The van der Waals surface area contributed by atoms with E-state index in [-0.39, 0.29) is 36.2 Å². The minimum atomic E-state index is -0.640. The number of rotatable bonds is 9. The Morgan fingerprint density at radius 3 is 2.85 bits per heavy atom. The van der Waals surface area contributed by atoms with Crippen molar-refractivity contribution >= 4 is 40.5 Å². The Morgan fingerprint density at radius 1 is 1.24 bits per heavy atom. The average molecular weight is 487 g/mol. The summed E-state index contributed by atoms with van der Waals surface area (Å²) in [7, 11) is 1.60. The molecule has 182 valence electrons. The molecule has 3 N–H and O–H groups in total. The second-order valence-electron chi connectivity index (χ2n) is 9.26. The number of carbonyl (C=O) groups excluding carboxylic acids is 3. The Bertz CT molecular complexity index is 1110. The Kier molecular flexibility index (Phi) is 6.24. The van der Waals surface area contributed by atoms with Crippen molar-refractivity contribution in [3.05, 3.63) is 24.3 Å². The van der Waals surface area contributed by atoms with Gasteiger partial charge in [-0.2, -0.15) is 0 Å². The molecule has 3 aliphatic heterocycles. The molecule has 1 aromatic carbocycles. The van der Waals surface area contributed by atoms with Gasteiger partial charge in [-0.1, -0.05) is 17.3 Å². The molecular weight excluding hydrogens is 456 g/mol. The lowest BCUT2D eigenvalue weighted by Crippen LogP contribution is -2.54. The molecule has 5 rings (SSSR count). The SMILES string of the molecule is CNC(=O)[C@@H]1[C@H]2C(=O)N(CCCCCO)C(C(=O)NCn3nnc4ccccc43)C23CC[C@H]1S3. The van der Waals surface area contributed by atoms with Crippen LogP contribution in [-0.4, -0.2) is 79.0 Å². The Morgan fingerprint density at radius 2 is 2.06 bits per heavy atom. The van der Waals surface area contributed by atoms with Gasteiger partial charge in [0.25, 0.3) is 0 Å². The first-order valence-electron chi connectivity index (χ1n) is 11.9. The van der Waals surface area contributed by atoms with Gasteiger partial charge in [-0.3, -0.25) is 14.4 Å². The summed E-state index contributed by atoms with van der Waals surface area (Å²) in [6.45, 7) is 0.690. The molecule has 3 aliphatic rings. The van der Waals surface area contributed by atoms with E-state index in [0.29, 0.717) is 19.4 Å². The second-order valence-corrected chi connectivity index (χ2v) is 10.9. The number of nitrogens with one attached hydrogen (secondary N) is 2. The number of benzene rings is 1. The number of aromatic nitrogens is 3. The maximum Gasteiger partial charge on any atom is 0.245 e. The van der Waals surface area contributed by atoms with Gasteiger partial charge in [0.05, 0.1) is 22.1 Å². The van der Waals surface area contributed by atoms with Crippen molar-refractivity contribution in [2.45, 2.75) is 54.8 Å². The van der Waals surface area contributed by atoms with E-state index in [4.69, 9.17) is 5.11 Å². The molecule has 3 fully saturated rings. The fourth-order valence-corrected chi connectivity index (χ4v) is 8.23.